The number of hydrogen-bond acceptors (Lipinski definition) is 3. The third-order valence-electron chi connectivity index (χ3n) is 6.43. The summed E-state index contributed by atoms with van der Waals surface area (Å²) in [5, 5.41) is 0. The number of aryl methyl sites for hydroxylation is 1. The molecule has 0 aliphatic heterocycles. The molecule has 0 N–H and O–H groups in total. The Kier molecular flexibility index (Phi) is 6.81. The van der Waals surface area contributed by atoms with Crippen LogP contribution in [0, 0.1) is 6.92 Å². The second-order valence-electron chi connectivity index (χ2n) is 8.16. The van der Waals surface area contributed by atoms with E-state index in [0.29, 0.717) is 36.3 Å². The van der Waals surface area contributed by atoms with E-state index in [9.17, 15) is 13.2 Å². The van der Waals surface area contributed by atoms with Crippen molar-refractivity contribution in [2.75, 3.05) is 13.1 Å². The highest BCUT2D eigenvalue weighted by atomic mass is 32.2. The first kappa shape index (κ1) is 21.3. The number of nitrogens with zero attached hydrogens (tertiary/aromatic N) is 2. The summed E-state index contributed by atoms with van der Waals surface area (Å²) in [4.78, 5) is 15.9. The van der Waals surface area contributed by atoms with Crippen molar-refractivity contribution < 1.29 is 13.2 Å². The van der Waals surface area contributed by atoms with Crippen LogP contribution in [0.2, 0.25) is 0 Å². The fourth-order valence-electron chi connectivity index (χ4n) is 4.86. The second-order valence-corrected chi connectivity index (χ2v) is 10.1. The van der Waals surface area contributed by atoms with Gasteiger partial charge in [0, 0.05) is 30.7 Å². The Morgan fingerprint density at radius 1 is 0.964 bits per heavy atom. The summed E-state index contributed by atoms with van der Waals surface area (Å²) < 4.78 is 27.6. The number of amides is 1. The van der Waals surface area contributed by atoms with E-state index in [2.05, 4.69) is 4.90 Å². The molecule has 0 radical (unpaired) electrons. The van der Waals surface area contributed by atoms with Gasteiger partial charge < -0.3 is 4.90 Å². The largest absolute Gasteiger partial charge is 0.333 e. The minimum absolute atomic E-state index is 0.00907. The SMILES string of the molecule is CCN(CC)S(=O)(=O)c1cc(C(=O)N(C2CCCC2)C2CCCC2)ccc1C. The summed E-state index contributed by atoms with van der Waals surface area (Å²) in [5.41, 5.74) is 1.20. The van der Waals surface area contributed by atoms with Crippen molar-refractivity contribution in [3.05, 3.63) is 29.3 Å². The van der Waals surface area contributed by atoms with Crippen LogP contribution >= 0.6 is 0 Å². The van der Waals surface area contributed by atoms with Gasteiger partial charge in [-0.1, -0.05) is 45.6 Å². The van der Waals surface area contributed by atoms with E-state index >= 15 is 0 Å². The fraction of sp³-hybridized carbons (Fsp3) is 0.682. The van der Waals surface area contributed by atoms with Gasteiger partial charge in [-0.05, 0) is 50.3 Å². The van der Waals surface area contributed by atoms with Crippen molar-refractivity contribution in [2.45, 2.75) is 89.1 Å². The summed E-state index contributed by atoms with van der Waals surface area (Å²) >= 11 is 0. The lowest BCUT2D eigenvalue weighted by molar-refractivity contribution is 0.0580. The molecule has 1 aromatic carbocycles. The maximum atomic E-state index is 13.5. The lowest BCUT2D eigenvalue weighted by Crippen LogP contribution is -2.45. The van der Waals surface area contributed by atoms with Crippen LogP contribution in [0.5, 0.6) is 0 Å². The molecule has 0 heterocycles. The third-order valence-corrected chi connectivity index (χ3v) is 8.62. The summed E-state index contributed by atoms with van der Waals surface area (Å²) in [6.07, 6.45) is 8.98. The molecule has 28 heavy (non-hydrogen) atoms. The van der Waals surface area contributed by atoms with Crippen LogP contribution in [0.4, 0.5) is 0 Å². The fourth-order valence-corrected chi connectivity index (χ4v) is 6.57. The molecule has 1 aromatic rings. The molecule has 156 valence electrons. The molecule has 0 saturated heterocycles. The van der Waals surface area contributed by atoms with Gasteiger partial charge in [-0.2, -0.15) is 4.31 Å². The Bertz CT molecular complexity index is 774. The van der Waals surface area contributed by atoms with Crippen LogP contribution in [0.25, 0.3) is 0 Å². The highest BCUT2D eigenvalue weighted by molar-refractivity contribution is 7.89. The molecule has 2 fully saturated rings. The minimum atomic E-state index is -3.59. The van der Waals surface area contributed by atoms with Crippen LogP contribution < -0.4 is 0 Å². The van der Waals surface area contributed by atoms with Crippen molar-refractivity contribution in [1.82, 2.24) is 9.21 Å². The van der Waals surface area contributed by atoms with E-state index in [1.54, 1.807) is 25.1 Å². The molecule has 2 aliphatic carbocycles. The standard InChI is InChI=1S/C22H34N2O3S/c1-4-23(5-2)28(26,27)21-16-18(15-14-17(21)3)22(25)24(19-10-6-7-11-19)20-12-8-9-13-20/h14-16,19-20H,4-13H2,1-3H3. The highest BCUT2D eigenvalue weighted by Gasteiger charge is 2.35. The summed E-state index contributed by atoms with van der Waals surface area (Å²) in [6.45, 7) is 6.33. The average molecular weight is 407 g/mol. The normalized spacial score (nSPS) is 18.9. The summed E-state index contributed by atoms with van der Waals surface area (Å²) in [7, 11) is -3.59. The van der Waals surface area contributed by atoms with Crippen LogP contribution in [0.3, 0.4) is 0 Å². The van der Waals surface area contributed by atoms with Gasteiger partial charge in [-0.3, -0.25) is 4.79 Å². The molecule has 2 saturated carbocycles. The molecule has 5 nitrogen and oxygen atoms in total. The van der Waals surface area contributed by atoms with Gasteiger partial charge in [0.2, 0.25) is 10.0 Å². The molecule has 0 atom stereocenters. The topological polar surface area (TPSA) is 57.7 Å². The van der Waals surface area contributed by atoms with Crippen molar-refractivity contribution >= 4 is 15.9 Å². The molecule has 0 spiro atoms. The van der Waals surface area contributed by atoms with Gasteiger partial charge in [0.15, 0.2) is 0 Å². The zero-order valence-electron chi connectivity index (χ0n) is 17.5. The van der Waals surface area contributed by atoms with E-state index < -0.39 is 10.0 Å². The molecule has 0 aromatic heterocycles. The number of carbonyl (C=O) groups excluding carboxylic acids is 1. The summed E-state index contributed by atoms with van der Waals surface area (Å²) in [6, 6.07) is 5.81. The monoisotopic (exact) mass is 406 g/mol. The molecule has 2 aliphatic rings. The first-order valence-corrected chi connectivity index (χ1v) is 12.3. The Morgan fingerprint density at radius 2 is 1.46 bits per heavy atom. The molecular formula is C22H34N2O3S. The maximum absolute atomic E-state index is 13.5. The van der Waals surface area contributed by atoms with Crippen LogP contribution in [-0.4, -0.2) is 48.7 Å². The van der Waals surface area contributed by atoms with Gasteiger partial charge in [0.1, 0.15) is 0 Å². The van der Waals surface area contributed by atoms with Crippen LogP contribution in [0.1, 0.15) is 81.1 Å². The molecule has 0 bridgehead atoms. The van der Waals surface area contributed by atoms with E-state index in [0.717, 1.165) is 25.7 Å². The smallest absolute Gasteiger partial charge is 0.254 e. The van der Waals surface area contributed by atoms with Crippen LogP contribution in [-0.2, 0) is 10.0 Å². The predicted octanol–water partition coefficient (Wildman–Crippen LogP) is 4.35. The Morgan fingerprint density at radius 3 is 1.93 bits per heavy atom. The molecular weight excluding hydrogens is 372 g/mol. The van der Waals surface area contributed by atoms with Gasteiger partial charge >= 0.3 is 0 Å². The predicted molar refractivity (Wildman–Crippen MR) is 112 cm³/mol. The second kappa shape index (κ2) is 8.95. The zero-order valence-corrected chi connectivity index (χ0v) is 18.3. The highest BCUT2D eigenvalue weighted by Crippen LogP contribution is 2.33. The number of rotatable bonds is 7. The lowest BCUT2D eigenvalue weighted by Gasteiger charge is -2.35. The van der Waals surface area contributed by atoms with Gasteiger partial charge in [0.25, 0.3) is 5.91 Å². The Labute approximate surface area is 170 Å². The van der Waals surface area contributed by atoms with Gasteiger partial charge in [-0.25, -0.2) is 8.42 Å². The van der Waals surface area contributed by atoms with Gasteiger partial charge in [0.05, 0.1) is 4.90 Å². The minimum Gasteiger partial charge on any atom is -0.333 e. The van der Waals surface area contributed by atoms with Crippen LogP contribution in [0.15, 0.2) is 23.1 Å². The van der Waals surface area contributed by atoms with Crippen molar-refractivity contribution in [3.63, 3.8) is 0 Å². The molecule has 0 unspecified atom stereocenters. The number of hydrogen-bond donors (Lipinski definition) is 0. The maximum Gasteiger partial charge on any atom is 0.254 e. The van der Waals surface area contributed by atoms with E-state index in [1.807, 2.05) is 13.8 Å². The molecule has 1 amide bonds. The van der Waals surface area contributed by atoms with E-state index in [-0.39, 0.29) is 10.8 Å². The van der Waals surface area contributed by atoms with E-state index in [1.165, 1.54) is 30.0 Å². The molecule has 3 rings (SSSR count). The molecule has 6 heteroatoms. The number of carbonyl (C=O) groups is 1. The zero-order chi connectivity index (χ0) is 20.3. The quantitative estimate of drug-likeness (QED) is 0.676. The third kappa shape index (κ3) is 4.13. The lowest BCUT2D eigenvalue weighted by atomic mass is 10.1. The van der Waals surface area contributed by atoms with E-state index in [4.69, 9.17) is 0 Å². The van der Waals surface area contributed by atoms with Crippen molar-refractivity contribution in [1.29, 1.82) is 0 Å². The Hall–Kier alpha value is -1.40. The number of benzene rings is 1. The number of sulfonamides is 1. The van der Waals surface area contributed by atoms with Crippen molar-refractivity contribution in [2.24, 2.45) is 0 Å². The average Bonchev–Trinajstić information content (AvgIpc) is 3.37. The first-order chi connectivity index (χ1) is 13.4. The summed E-state index contributed by atoms with van der Waals surface area (Å²) in [5.74, 6) is 0.00907. The van der Waals surface area contributed by atoms with Gasteiger partial charge in [-0.15, -0.1) is 0 Å². The first-order valence-electron chi connectivity index (χ1n) is 10.8. The Balaban J connectivity index is 1.96. The van der Waals surface area contributed by atoms with Crippen molar-refractivity contribution in [3.8, 4) is 0 Å².